The Balaban J connectivity index is 1.90. The summed E-state index contributed by atoms with van der Waals surface area (Å²) in [5.74, 6) is 0.463. The zero-order valence-corrected chi connectivity index (χ0v) is 15.1. The molecule has 4 nitrogen and oxygen atoms in total. The molecule has 2 aliphatic rings. The van der Waals surface area contributed by atoms with Crippen molar-refractivity contribution in [2.75, 3.05) is 26.2 Å². The van der Waals surface area contributed by atoms with Gasteiger partial charge in [0.2, 0.25) is 0 Å². The van der Waals surface area contributed by atoms with Gasteiger partial charge in [0.25, 0.3) is 0 Å². The smallest absolute Gasteiger partial charge is 0.410 e. The van der Waals surface area contributed by atoms with E-state index >= 15 is 0 Å². The van der Waals surface area contributed by atoms with Gasteiger partial charge in [0.1, 0.15) is 5.60 Å². The molecule has 1 aliphatic heterocycles. The third-order valence-electron chi connectivity index (χ3n) is 4.27. The van der Waals surface area contributed by atoms with Crippen molar-refractivity contribution < 1.29 is 9.53 Å². The Morgan fingerprint density at radius 1 is 1.22 bits per heavy atom. The van der Waals surface area contributed by atoms with Gasteiger partial charge in [0.05, 0.1) is 0 Å². The summed E-state index contributed by atoms with van der Waals surface area (Å²) in [7, 11) is 0. The molecule has 0 radical (unpaired) electrons. The minimum atomic E-state index is -0.430. The minimum absolute atomic E-state index is 0.198. The number of amides is 1. The normalized spacial score (nSPS) is 24.1. The molecule has 1 amide bonds. The molecule has 0 aromatic rings. The minimum Gasteiger partial charge on any atom is -0.444 e. The third-order valence-corrected chi connectivity index (χ3v) is 4.27. The summed E-state index contributed by atoms with van der Waals surface area (Å²) in [5.41, 5.74) is 0.925. The van der Waals surface area contributed by atoms with E-state index in [1.807, 2.05) is 25.7 Å². The molecule has 0 bridgehead atoms. The highest BCUT2D eigenvalue weighted by atomic mass is 16.6. The van der Waals surface area contributed by atoms with Gasteiger partial charge in [-0.1, -0.05) is 37.3 Å². The second kappa shape index (κ2) is 7.35. The molecule has 0 aromatic carbocycles. The largest absolute Gasteiger partial charge is 0.444 e. The van der Waals surface area contributed by atoms with E-state index in [-0.39, 0.29) is 6.09 Å². The van der Waals surface area contributed by atoms with Gasteiger partial charge in [0, 0.05) is 32.2 Å². The molecule has 128 valence electrons. The maximum absolute atomic E-state index is 12.1. The topological polar surface area (TPSA) is 32.8 Å². The molecule has 1 fully saturated rings. The highest BCUT2D eigenvalue weighted by Gasteiger charge is 2.28. The van der Waals surface area contributed by atoms with Crippen LogP contribution in [-0.2, 0) is 4.74 Å². The number of carbonyl (C=O) groups excluding carboxylic acids is 1. The molecule has 1 heterocycles. The number of rotatable bonds is 2. The number of ether oxygens (including phenoxy) is 1. The number of carbonyl (C=O) groups is 1. The van der Waals surface area contributed by atoms with Crippen molar-refractivity contribution in [3.8, 4) is 0 Å². The van der Waals surface area contributed by atoms with Crippen LogP contribution in [-0.4, -0.2) is 53.7 Å². The van der Waals surface area contributed by atoms with E-state index in [0.29, 0.717) is 12.0 Å². The molecule has 1 saturated heterocycles. The third kappa shape index (κ3) is 5.24. The van der Waals surface area contributed by atoms with Crippen molar-refractivity contribution >= 4 is 6.09 Å². The van der Waals surface area contributed by atoms with E-state index in [9.17, 15) is 4.79 Å². The zero-order chi connectivity index (χ0) is 17.0. The summed E-state index contributed by atoms with van der Waals surface area (Å²) in [5, 5.41) is 0. The number of nitrogens with zero attached hydrogens (tertiary/aromatic N) is 2. The maximum atomic E-state index is 12.1. The first kappa shape index (κ1) is 17.8. The summed E-state index contributed by atoms with van der Waals surface area (Å²) in [6.45, 7) is 13.4. The van der Waals surface area contributed by atoms with Gasteiger partial charge in [-0.15, -0.1) is 0 Å². The summed E-state index contributed by atoms with van der Waals surface area (Å²) in [4.78, 5) is 16.4. The van der Waals surface area contributed by atoms with Crippen LogP contribution in [0.5, 0.6) is 0 Å². The molecule has 2 rings (SSSR count). The van der Waals surface area contributed by atoms with Crippen molar-refractivity contribution in [2.24, 2.45) is 5.92 Å². The lowest BCUT2D eigenvalue weighted by atomic mass is 10.0. The Hall–Kier alpha value is -1.55. The number of hydrogen-bond acceptors (Lipinski definition) is 3. The van der Waals surface area contributed by atoms with E-state index in [2.05, 4.69) is 49.1 Å². The second-order valence-corrected chi connectivity index (χ2v) is 7.45. The van der Waals surface area contributed by atoms with E-state index in [4.69, 9.17) is 4.74 Å². The first-order chi connectivity index (χ1) is 10.8. The summed E-state index contributed by atoms with van der Waals surface area (Å²) in [6.07, 6.45) is 10.8. The fourth-order valence-electron chi connectivity index (χ4n) is 2.93. The first-order valence-electron chi connectivity index (χ1n) is 8.55. The van der Waals surface area contributed by atoms with Crippen LogP contribution in [0.3, 0.4) is 0 Å². The molecule has 4 heteroatoms. The number of piperazine rings is 1. The molecular weight excluding hydrogens is 288 g/mol. The van der Waals surface area contributed by atoms with E-state index < -0.39 is 5.60 Å². The fraction of sp³-hybridized carbons (Fsp3) is 0.632. The predicted molar refractivity (Wildman–Crippen MR) is 94.4 cm³/mol. The van der Waals surface area contributed by atoms with Crippen molar-refractivity contribution in [3.63, 3.8) is 0 Å². The van der Waals surface area contributed by atoms with Gasteiger partial charge in [-0.2, -0.15) is 0 Å². The molecule has 0 saturated carbocycles. The van der Waals surface area contributed by atoms with E-state index in [0.717, 1.165) is 26.2 Å². The second-order valence-electron chi connectivity index (χ2n) is 7.45. The molecule has 1 unspecified atom stereocenters. The fourth-order valence-corrected chi connectivity index (χ4v) is 2.93. The Labute approximate surface area is 140 Å². The molecule has 1 aliphatic carbocycles. The number of allylic oxidation sites excluding steroid dienone is 4. The molecule has 0 spiro atoms. The summed E-state index contributed by atoms with van der Waals surface area (Å²) >= 11 is 0. The van der Waals surface area contributed by atoms with Gasteiger partial charge in [-0.3, -0.25) is 4.90 Å². The van der Waals surface area contributed by atoms with Crippen LogP contribution < -0.4 is 0 Å². The van der Waals surface area contributed by atoms with Crippen LogP contribution in [0.15, 0.2) is 36.0 Å². The molecule has 0 aromatic heterocycles. The van der Waals surface area contributed by atoms with Crippen molar-refractivity contribution in [1.82, 2.24) is 9.80 Å². The van der Waals surface area contributed by atoms with Gasteiger partial charge in [-0.25, -0.2) is 4.79 Å². The average molecular weight is 318 g/mol. The van der Waals surface area contributed by atoms with Crippen LogP contribution in [0, 0.1) is 5.92 Å². The van der Waals surface area contributed by atoms with E-state index in [1.165, 1.54) is 5.57 Å². The predicted octanol–water partition coefficient (Wildman–Crippen LogP) is 3.62. The van der Waals surface area contributed by atoms with Crippen LogP contribution >= 0.6 is 0 Å². The average Bonchev–Trinajstić information content (AvgIpc) is 2.69. The zero-order valence-electron chi connectivity index (χ0n) is 15.1. The lowest BCUT2D eigenvalue weighted by molar-refractivity contribution is 0.0126. The van der Waals surface area contributed by atoms with Crippen molar-refractivity contribution in [2.45, 2.75) is 46.3 Å². The van der Waals surface area contributed by atoms with Crippen molar-refractivity contribution in [1.29, 1.82) is 0 Å². The monoisotopic (exact) mass is 318 g/mol. The summed E-state index contributed by atoms with van der Waals surface area (Å²) in [6, 6.07) is 0.370. The lowest BCUT2D eigenvalue weighted by Gasteiger charge is -2.39. The highest BCUT2D eigenvalue weighted by molar-refractivity contribution is 5.68. The lowest BCUT2D eigenvalue weighted by Crippen LogP contribution is -2.52. The van der Waals surface area contributed by atoms with Gasteiger partial charge >= 0.3 is 6.09 Å². The van der Waals surface area contributed by atoms with Crippen molar-refractivity contribution in [3.05, 3.63) is 36.0 Å². The maximum Gasteiger partial charge on any atom is 0.410 e. The Morgan fingerprint density at radius 2 is 1.87 bits per heavy atom. The molecule has 23 heavy (non-hydrogen) atoms. The van der Waals surface area contributed by atoms with E-state index in [1.54, 1.807) is 0 Å². The van der Waals surface area contributed by atoms with Gasteiger partial charge in [0.15, 0.2) is 0 Å². The van der Waals surface area contributed by atoms with Crippen LogP contribution in [0.25, 0.3) is 0 Å². The number of hydrogen-bond donors (Lipinski definition) is 0. The van der Waals surface area contributed by atoms with Crippen LogP contribution in [0.4, 0.5) is 4.79 Å². The molecular formula is C19H30N2O2. The van der Waals surface area contributed by atoms with Crippen LogP contribution in [0.1, 0.15) is 34.6 Å². The SMILES string of the molecule is CC(C1=C[C@H](C)C=CC=C1)N1CCN(C(=O)OC(C)(C)C)CC1. The standard InChI is InChI=1S/C19H30N2O2/c1-15-8-6-7-9-17(14-15)16(2)20-10-12-21(13-11-20)18(22)23-19(3,4)5/h6-9,14-16H,10-13H2,1-5H3/t15-,16?/m1/s1. The Morgan fingerprint density at radius 3 is 2.48 bits per heavy atom. The summed E-state index contributed by atoms with van der Waals surface area (Å²) < 4.78 is 5.46. The molecule has 0 N–H and O–H groups in total. The van der Waals surface area contributed by atoms with Crippen LogP contribution in [0.2, 0.25) is 0 Å². The van der Waals surface area contributed by atoms with Gasteiger partial charge in [-0.05, 0) is 39.2 Å². The Kier molecular flexibility index (Phi) is 5.69. The first-order valence-corrected chi connectivity index (χ1v) is 8.55. The highest BCUT2D eigenvalue weighted by Crippen LogP contribution is 2.20. The van der Waals surface area contributed by atoms with Gasteiger partial charge < -0.3 is 9.64 Å². The Bertz CT molecular complexity index is 506. The molecule has 2 atom stereocenters. The quantitative estimate of drug-likeness (QED) is 0.779.